The maximum absolute atomic E-state index is 11.9. The van der Waals surface area contributed by atoms with E-state index in [1.807, 2.05) is 18.7 Å². The first kappa shape index (κ1) is 16.2. The molecule has 0 aliphatic carbocycles. The van der Waals surface area contributed by atoms with Crippen LogP contribution in [0.25, 0.3) is 0 Å². The van der Waals surface area contributed by atoms with Crippen molar-refractivity contribution >= 4 is 23.4 Å². The molecule has 1 aliphatic rings. The zero-order valence-electron chi connectivity index (χ0n) is 11.8. The molecule has 1 atom stereocenters. The van der Waals surface area contributed by atoms with Gasteiger partial charge in [-0.1, -0.05) is 13.8 Å². The summed E-state index contributed by atoms with van der Waals surface area (Å²) >= 11 is 5.70. The first-order valence-electron chi connectivity index (χ1n) is 6.92. The normalized spacial score (nSPS) is 18.2. The van der Waals surface area contributed by atoms with Crippen molar-refractivity contribution in [3.8, 4) is 0 Å². The van der Waals surface area contributed by atoms with Crippen LogP contribution >= 0.6 is 11.6 Å². The number of alkyl halides is 1. The van der Waals surface area contributed by atoms with E-state index in [1.165, 1.54) is 0 Å². The molecule has 6 heteroatoms. The van der Waals surface area contributed by atoms with Crippen LogP contribution in [0.4, 0.5) is 0 Å². The van der Waals surface area contributed by atoms with Gasteiger partial charge >= 0.3 is 0 Å². The van der Waals surface area contributed by atoms with Crippen LogP contribution in [-0.4, -0.2) is 66.8 Å². The molecule has 0 aromatic rings. The lowest BCUT2D eigenvalue weighted by molar-refractivity contribution is -0.136. The van der Waals surface area contributed by atoms with Crippen LogP contribution in [0.5, 0.6) is 0 Å². The highest BCUT2D eigenvalue weighted by molar-refractivity contribution is 6.19. The molecule has 1 fully saturated rings. The molecule has 5 nitrogen and oxygen atoms in total. The second kappa shape index (κ2) is 8.38. The van der Waals surface area contributed by atoms with Gasteiger partial charge in [-0.3, -0.25) is 14.5 Å². The van der Waals surface area contributed by atoms with Gasteiger partial charge in [0.15, 0.2) is 0 Å². The lowest BCUT2D eigenvalue weighted by Gasteiger charge is -2.35. The second-order valence-electron chi connectivity index (χ2n) is 5.01. The zero-order valence-corrected chi connectivity index (χ0v) is 12.6. The summed E-state index contributed by atoms with van der Waals surface area (Å²) in [4.78, 5) is 27.5. The molecule has 1 heterocycles. The van der Waals surface area contributed by atoms with Gasteiger partial charge < -0.3 is 10.2 Å². The summed E-state index contributed by atoms with van der Waals surface area (Å²) in [5, 5.41) is 2.86. The topological polar surface area (TPSA) is 52.7 Å². The average Bonchev–Trinajstić information content (AvgIpc) is 2.44. The molecule has 1 unspecified atom stereocenters. The van der Waals surface area contributed by atoms with Crippen LogP contribution in [0, 0.1) is 5.92 Å². The quantitative estimate of drug-likeness (QED) is 0.726. The molecule has 0 bridgehead atoms. The molecule has 0 aromatic carbocycles. The van der Waals surface area contributed by atoms with Gasteiger partial charge in [-0.15, -0.1) is 11.6 Å². The van der Waals surface area contributed by atoms with Crippen LogP contribution in [0.2, 0.25) is 0 Å². The molecule has 0 spiro atoms. The lowest BCUT2D eigenvalue weighted by Crippen LogP contribution is -2.52. The van der Waals surface area contributed by atoms with Crippen LogP contribution in [0.1, 0.15) is 20.3 Å². The summed E-state index contributed by atoms with van der Waals surface area (Å²) in [5.41, 5.74) is 0. The Morgan fingerprint density at radius 1 is 1.26 bits per heavy atom. The molecule has 110 valence electrons. The van der Waals surface area contributed by atoms with Gasteiger partial charge in [0.2, 0.25) is 11.8 Å². The Bertz CT molecular complexity index is 304. The largest absolute Gasteiger partial charge is 0.355 e. The third-order valence-corrected chi connectivity index (χ3v) is 3.74. The number of hydrogen-bond acceptors (Lipinski definition) is 3. The monoisotopic (exact) mass is 289 g/mol. The number of amides is 2. The van der Waals surface area contributed by atoms with Gasteiger partial charge in [0.1, 0.15) is 0 Å². The predicted octanol–water partition coefficient (Wildman–Crippen LogP) is 0.532. The minimum absolute atomic E-state index is 0.0655. The molecule has 2 amide bonds. The summed E-state index contributed by atoms with van der Waals surface area (Å²) in [5.74, 6) is 0.417. The number of carbonyl (C=O) groups excluding carboxylic acids is 2. The number of nitrogens with one attached hydrogen (secondary N) is 1. The number of rotatable bonds is 6. The number of piperazine rings is 1. The second-order valence-corrected chi connectivity index (χ2v) is 5.32. The van der Waals surface area contributed by atoms with Gasteiger partial charge in [-0.25, -0.2) is 0 Å². The molecule has 0 radical (unpaired) electrons. The van der Waals surface area contributed by atoms with E-state index in [4.69, 9.17) is 11.6 Å². The third-order valence-electron chi connectivity index (χ3n) is 3.28. The van der Waals surface area contributed by atoms with Crippen LogP contribution in [0.3, 0.4) is 0 Å². The van der Waals surface area contributed by atoms with Gasteiger partial charge in [-0.05, 0) is 6.42 Å². The first-order chi connectivity index (χ1) is 9.08. The highest BCUT2D eigenvalue weighted by Gasteiger charge is 2.24. The molecule has 1 rings (SSSR count). The summed E-state index contributed by atoms with van der Waals surface area (Å²) in [7, 11) is 0. The molecular formula is C13H24ClN3O2. The highest BCUT2D eigenvalue weighted by Crippen LogP contribution is 2.08. The summed E-state index contributed by atoms with van der Waals surface area (Å²) in [6.45, 7) is 7.89. The molecule has 0 aromatic heterocycles. The predicted molar refractivity (Wildman–Crippen MR) is 76.2 cm³/mol. The smallest absolute Gasteiger partial charge is 0.234 e. The lowest BCUT2D eigenvalue weighted by atomic mass is 10.1. The zero-order chi connectivity index (χ0) is 14.3. The molecule has 1 aliphatic heterocycles. The maximum atomic E-state index is 11.9. The van der Waals surface area contributed by atoms with Crippen molar-refractivity contribution in [2.45, 2.75) is 20.3 Å². The molecule has 19 heavy (non-hydrogen) atoms. The fraction of sp³-hybridized carbons (Fsp3) is 0.846. The average molecular weight is 290 g/mol. The van der Waals surface area contributed by atoms with Gasteiger partial charge in [0.05, 0.1) is 6.54 Å². The minimum Gasteiger partial charge on any atom is -0.355 e. The Labute approximate surface area is 120 Å². The minimum atomic E-state index is -0.124. The van der Waals surface area contributed by atoms with Crippen molar-refractivity contribution in [1.29, 1.82) is 0 Å². The SMILES string of the molecule is CCCNC(=O)CN1CCN(C(=O)C(C)CCl)CC1. The van der Waals surface area contributed by atoms with Gasteiger partial charge in [0, 0.05) is 44.5 Å². The van der Waals surface area contributed by atoms with E-state index in [0.29, 0.717) is 25.5 Å². The van der Waals surface area contributed by atoms with E-state index >= 15 is 0 Å². The van der Waals surface area contributed by atoms with E-state index in [-0.39, 0.29) is 17.7 Å². The van der Waals surface area contributed by atoms with E-state index < -0.39 is 0 Å². The Balaban J connectivity index is 2.29. The summed E-state index contributed by atoms with van der Waals surface area (Å²) < 4.78 is 0. The Morgan fingerprint density at radius 2 is 1.89 bits per heavy atom. The van der Waals surface area contributed by atoms with E-state index in [1.54, 1.807) is 0 Å². The third kappa shape index (κ3) is 5.37. The van der Waals surface area contributed by atoms with Crippen molar-refractivity contribution < 1.29 is 9.59 Å². The van der Waals surface area contributed by atoms with E-state index in [2.05, 4.69) is 10.2 Å². The fourth-order valence-corrected chi connectivity index (χ4v) is 2.16. The summed E-state index contributed by atoms with van der Waals surface area (Å²) in [6, 6.07) is 0. The van der Waals surface area contributed by atoms with Crippen LogP contribution < -0.4 is 5.32 Å². The van der Waals surface area contributed by atoms with Crippen molar-refractivity contribution in [2.75, 3.05) is 45.1 Å². The Hall–Kier alpha value is -0.810. The number of carbonyl (C=O) groups is 2. The van der Waals surface area contributed by atoms with Crippen molar-refractivity contribution in [3.05, 3.63) is 0 Å². The number of nitrogens with zero attached hydrogens (tertiary/aromatic N) is 2. The van der Waals surface area contributed by atoms with Crippen molar-refractivity contribution in [3.63, 3.8) is 0 Å². The number of halogens is 1. The Morgan fingerprint density at radius 3 is 2.42 bits per heavy atom. The molecular weight excluding hydrogens is 266 g/mol. The van der Waals surface area contributed by atoms with Gasteiger partial charge in [-0.2, -0.15) is 0 Å². The van der Waals surface area contributed by atoms with Gasteiger partial charge in [0.25, 0.3) is 0 Å². The highest BCUT2D eigenvalue weighted by atomic mass is 35.5. The standard InChI is InChI=1S/C13H24ClN3O2/c1-3-4-15-12(18)10-16-5-7-17(8-6-16)13(19)11(2)9-14/h11H,3-10H2,1-2H3,(H,15,18). The number of hydrogen-bond donors (Lipinski definition) is 1. The molecule has 0 saturated carbocycles. The van der Waals surface area contributed by atoms with Crippen LogP contribution in [-0.2, 0) is 9.59 Å². The van der Waals surface area contributed by atoms with Crippen molar-refractivity contribution in [1.82, 2.24) is 15.1 Å². The maximum Gasteiger partial charge on any atom is 0.234 e. The Kier molecular flexibility index (Phi) is 7.16. The van der Waals surface area contributed by atoms with Crippen molar-refractivity contribution in [2.24, 2.45) is 5.92 Å². The fourth-order valence-electron chi connectivity index (χ4n) is 2.03. The van der Waals surface area contributed by atoms with Crippen LogP contribution in [0.15, 0.2) is 0 Å². The summed E-state index contributed by atoms with van der Waals surface area (Å²) in [6.07, 6.45) is 0.949. The van der Waals surface area contributed by atoms with E-state index in [0.717, 1.165) is 26.1 Å². The molecule has 1 N–H and O–H groups in total. The van der Waals surface area contributed by atoms with E-state index in [9.17, 15) is 9.59 Å². The molecule has 1 saturated heterocycles. The first-order valence-corrected chi connectivity index (χ1v) is 7.45.